The maximum absolute atomic E-state index is 12.9. The molecule has 3 N–H and O–H groups in total. The molecule has 2 aliphatic carbocycles. The number of aromatic nitrogens is 4. The van der Waals surface area contributed by atoms with Crippen molar-refractivity contribution in [1.82, 2.24) is 25.3 Å². The van der Waals surface area contributed by atoms with E-state index in [2.05, 4.69) is 20.6 Å². The Labute approximate surface area is 230 Å². The molecule has 3 aliphatic rings. The van der Waals surface area contributed by atoms with Crippen molar-refractivity contribution in [3.63, 3.8) is 0 Å². The fourth-order valence-electron chi connectivity index (χ4n) is 6.17. The summed E-state index contributed by atoms with van der Waals surface area (Å²) in [5, 5.41) is 11.9. The van der Waals surface area contributed by atoms with Crippen LogP contribution in [0.5, 0.6) is 0 Å². The Bertz CT molecular complexity index is 1510. The maximum Gasteiger partial charge on any atom is 0.273 e. The van der Waals surface area contributed by atoms with Gasteiger partial charge >= 0.3 is 0 Å². The quantitative estimate of drug-likeness (QED) is 0.466. The number of nitrogens with zero attached hydrogens (tertiary/aromatic N) is 5. The van der Waals surface area contributed by atoms with Crippen LogP contribution in [0, 0.1) is 18.8 Å². The number of fused-ring (bicyclic) bond motifs is 1. The largest absolute Gasteiger partial charge is 0.366 e. The Balaban J connectivity index is 1.10. The molecule has 10 nitrogen and oxygen atoms in total. The monoisotopic (exact) mass is 547 g/mol. The average molecular weight is 548 g/mol. The highest BCUT2D eigenvalue weighted by molar-refractivity contribution is 6.30. The molecular weight excluding hydrogens is 518 g/mol. The number of amides is 3. The highest BCUT2D eigenvalue weighted by Gasteiger charge is 2.52. The van der Waals surface area contributed by atoms with Gasteiger partial charge in [-0.2, -0.15) is 0 Å². The summed E-state index contributed by atoms with van der Waals surface area (Å²) < 4.78 is 1.64. The number of rotatable bonds is 7. The standard InChI is InChI=1S/C28H30ClN7O3/c1-14-6-24(35-12-16-7-20(16)27(35)39)31-11-21(14)15(2)36-13-23(33-34-36)26(38)32-18-9-28(3,10-18)22-8-17(29)4-5-19(22)25(30)37/h4-6,8,11,13,15-16,18,20H,7,9-10,12H2,1-3H3,(H2,30,37)(H,32,38)/t15-,16+,18-,20+,28+/m0/s1. The molecule has 0 unspecified atom stereocenters. The van der Waals surface area contributed by atoms with E-state index in [1.54, 1.807) is 40.2 Å². The van der Waals surface area contributed by atoms with E-state index in [4.69, 9.17) is 17.3 Å². The van der Waals surface area contributed by atoms with Crippen LogP contribution < -0.4 is 16.0 Å². The second kappa shape index (κ2) is 9.15. The second-order valence-electron chi connectivity index (χ2n) is 11.4. The van der Waals surface area contributed by atoms with Crippen LogP contribution in [0.25, 0.3) is 0 Å². The number of anilines is 1. The number of primary amides is 1. The van der Waals surface area contributed by atoms with Crippen LogP contribution in [0.3, 0.4) is 0 Å². The maximum atomic E-state index is 12.9. The van der Waals surface area contributed by atoms with Crippen LogP contribution in [-0.2, 0) is 10.2 Å². The number of aryl methyl sites for hydroxylation is 1. The van der Waals surface area contributed by atoms with E-state index in [-0.39, 0.29) is 40.9 Å². The molecule has 1 aromatic carbocycles. The minimum atomic E-state index is -0.498. The molecule has 202 valence electrons. The predicted octanol–water partition coefficient (Wildman–Crippen LogP) is 3.18. The number of piperidine rings is 1. The summed E-state index contributed by atoms with van der Waals surface area (Å²) >= 11 is 6.18. The Morgan fingerprint density at radius 3 is 2.69 bits per heavy atom. The molecular formula is C28H30ClN7O3. The molecule has 39 heavy (non-hydrogen) atoms. The Morgan fingerprint density at radius 1 is 1.26 bits per heavy atom. The van der Waals surface area contributed by atoms with Crippen molar-refractivity contribution in [1.29, 1.82) is 0 Å². The van der Waals surface area contributed by atoms with Crippen LogP contribution in [0.4, 0.5) is 5.82 Å². The fraction of sp³-hybridized carbons (Fsp3) is 0.429. The molecule has 0 bridgehead atoms. The summed E-state index contributed by atoms with van der Waals surface area (Å²) in [6, 6.07) is 6.74. The number of pyridine rings is 1. The summed E-state index contributed by atoms with van der Waals surface area (Å²) in [5.74, 6) is 0.722. The summed E-state index contributed by atoms with van der Waals surface area (Å²) in [5.41, 5.74) is 8.65. The lowest BCUT2D eigenvalue weighted by Crippen LogP contribution is -2.52. The van der Waals surface area contributed by atoms with Gasteiger partial charge in [-0.05, 0) is 85.4 Å². The minimum absolute atomic E-state index is 0.0805. The van der Waals surface area contributed by atoms with Gasteiger partial charge in [-0.3, -0.25) is 19.3 Å². The third-order valence-corrected chi connectivity index (χ3v) is 8.79. The van der Waals surface area contributed by atoms with Crippen molar-refractivity contribution in [2.75, 3.05) is 11.4 Å². The molecule has 2 aromatic heterocycles. The van der Waals surface area contributed by atoms with E-state index in [0.29, 0.717) is 35.2 Å². The number of hydrogen-bond donors (Lipinski definition) is 2. The summed E-state index contributed by atoms with van der Waals surface area (Å²) in [6.07, 6.45) is 5.69. The van der Waals surface area contributed by atoms with E-state index < -0.39 is 5.91 Å². The Morgan fingerprint density at radius 2 is 2.03 bits per heavy atom. The van der Waals surface area contributed by atoms with Gasteiger partial charge < -0.3 is 11.1 Å². The first-order valence-corrected chi connectivity index (χ1v) is 13.5. The number of halogens is 1. The van der Waals surface area contributed by atoms with Crippen LogP contribution in [0.15, 0.2) is 36.7 Å². The van der Waals surface area contributed by atoms with Crippen LogP contribution in [0.2, 0.25) is 5.02 Å². The van der Waals surface area contributed by atoms with Crippen LogP contribution in [-0.4, -0.2) is 50.3 Å². The lowest BCUT2D eigenvalue weighted by Gasteiger charge is -2.46. The average Bonchev–Trinajstić information content (AvgIpc) is 3.33. The van der Waals surface area contributed by atoms with Gasteiger partial charge in [-0.1, -0.05) is 23.7 Å². The van der Waals surface area contributed by atoms with Crippen molar-refractivity contribution in [2.24, 2.45) is 17.6 Å². The van der Waals surface area contributed by atoms with E-state index in [9.17, 15) is 14.4 Å². The highest BCUT2D eigenvalue weighted by Crippen LogP contribution is 2.47. The molecule has 1 aliphatic heterocycles. The van der Waals surface area contributed by atoms with E-state index in [0.717, 1.165) is 29.7 Å². The first kappa shape index (κ1) is 25.5. The zero-order chi connectivity index (χ0) is 27.6. The molecule has 2 saturated carbocycles. The SMILES string of the molecule is Cc1cc(N2C[C@H]3C[C@H]3C2=O)ncc1[C@H](C)n1cc(C(=O)N[C@H]2C[C@@](C)(c3cc(Cl)ccc3C(N)=O)C2)nn1. The molecule has 3 heterocycles. The number of nitrogens with one attached hydrogen (secondary N) is 1. The van der Waals surface area contributed by atoms with Gasteiger partial charge in [0.15, 0.2) is 5.69 Å². The summed E-state index contributed by atoms with van der Waals surface area (Å²) in [6.45, 7) is 6.74. The lowest BCUT2D eigenvalue weighted by molar-refractivity contribution is -0.118. The summed E-state index contributed by atoms with van der Waals surface area (Å²) in [4.78, 5) is 43.6. The smallest absolute Gasteiger partial charge is 0.273 e. The van der Waals surface area contributed by atoms with Gasteiger partial charge in [0.2, 0.25) is 11.8 Å². The van der Waals surface area contributed by atoms with Gasteiger partial charge in [0.05, 0.1) is 12.2 Å². The topological polar surface area (TPSA) is 136 Å². The highest BCUT2D eigenvalue weighted by atomic mass is 35.5. The third kappa shape index (κ3) is 4.46. The molecule has 3 aromatic rings. The van der Waals surface area contributed by atoms with Crippen molar-refractivity contribution >= 4 is 35.1 Å². The van der Waals surface area contributed by atoms with Gasteiger partial charge in [0.25, 0.3) is 5.91 Å². The number of benzene rings is 1. The van der Waals surface area contributed by atoms with Gasteiger partial charge in [0, 0.05) is 35.3 Å². The van der Waals surface area contributed by atoms with Crippen LogP contribution >= 0.6 is 11.6 Å². The van der Waals surface area contributed by atoms with Crippen molar-refractivity contribution in [3.05, 3.63) is 69.6 Å². The molecule has 11 heteroatoms. The zero-order valence-corrected chi connectivity index (χ0v) is 22.8. The molecule has 0 radical (unpaired) electrons. The molecule has 0 spiro atoms. The third-order valence-electron chi connectivity index (χ3n) is 8.55. The number of carbonyl (C=O) groups is 3. The van der Waals surface area contributed by atoms with Gasteiger partial charge in [-0.15, -0.1) is 5.10 Å². The van der Waals surface area contributed by atoms with E-state index in [1.807, 2.05) is 26.8 Å². The van der Waals surface area contributed by atoms with Crippen molar-refractivity contribution in [2.45, 2.75) is 57.5 Å². The van der Waals surface area contributed by atoms with Crippen molar-refractivity contribution in [3.8, 4) is 0 Å². The molecule has 6 rings (SSSR count). The number of carbonyl (C=O) groups excluding carboxylic acids is 3. The molecule has 1 saturated heterocycles. The van der Waals surface area contributed by atoms with Crippen LogP contribution in [0.1, 0.15) is 76.7 Å². The number of nitrogens with two attached hydrogens (primary N) is 1. The summed E-state index contributed by atoms with van der Waals surface area (Å²) in [7, 11) is 0. The predicted molar refractivity (Wildman–Crippen MR) is 145 cm³/mol. The second-order valence-corrected chi connectivity index (χ2v) is 11.8. The molecule has 3 fully saturated rings. The molecule has 3 amide bonds. The van der Waals surface area contributed by atoms with E-state index >= 15 is 0 Å². The first-order chi connectivity index (χ1) is 18.5. The minimum Gasteiger partial charge on any atom is -0.366 e. The van der Waals surface area contributed by atoms with E-state index in [1.165, 1.54) is 0 Å². The normalized spacial score (nSPS) is 26.1. The van der Waals surface area contributed by atoms with Gasteiger partial charge in [-0.25, -0.2) is 9.67 Å². The number of hydrogen-bond acceptors (Lipinski definition) is 6. The first-order valence-electron chi connectivity index (χ1n) is 13.1. The zero-order valence-electron chi connectivity index (χ0n) is 22.0. The fourth-order valence-corrected chi connectivity index (χ4v) is 6.34. The lowest BCUT2D eigenvalue weighted by atomic mass is 9.62. The van der Waals surface area contributed by atoms with Gasteiger partial charge in [0.1, 0.15) is 5.82 Å². The Hall–Kier alpha value is -3.79. The van der Waals surface area contributed by atoms with Crippen molar-refractivity contribution < 1.29 is 14.4 Å². The molecule has 3 atom stereocenters. The Kier molecular flexibility index (Phi) is 5.98.